The van der Waals surface area contributed by atoms with Crippen LogP contribution in [0.5, 0.6) is 0 Å². The Balaban J connectivity index is 1.55. The van der Waals surface area contributed by atoms with Crippen LogP contribution < -0.4 is 5.43 Å². The van der Waals surface area contributed by atoms with Crippen molar-refractivity contribution >= 4 is 0 Å². The van der Waals surface area contributed by atoms with Crippen molar-refractivity contribution in [1.82, 2.24) is 30.1 Å². The Morgan fingerprint density at radius 1 is 1.06 bits per heavy atom. The van der Waals surface area contributed by atoms with Gasteiger partial charge in [0.15, 0.2) is 0 Å². The lowest BCUT2D eigenvalue weighted by Gasteiger charge is -2.32. The monoisotopic (exact) mass is 250 g/mol. The lowest BCUT2D eigenvalue weighted by atomic mass is 10.2. The van der Waals surface area contributed by atoms with Gasteiger partial charge in [0.05, 0.1) is 6.54 Å². The third-order valence-corrected chi connectivity index (χ3v) is 3.90. The summed E-state index contributed by atoms with van der Waals surface area (Å²) in [7, 11) is 2.17. The minimum atomic E-state index is 0.802. The third kappa shape index (κ3) is 2.55. The molecule has 1 aromatic rings. The summed E-state index contributed by atoms with van der Waals surface area (Å²) in [4.78, 5) is 2.36. The maximum atomic E-state index is 4.31. The summed E-state index contributed by atoms with van der Waals surface area (Å²) in [6.07, 6.45) is 3.60. The average Bonchev–Trinajstić information content (AvgIpc) is 2.82. The number of rotatable bonds is 3. The minimum Gasteiger partial charge on any atom is -0.314 e. The number of hydrazine groups is 1. The molecule has 1 N–H and O–H groups in total. The first-order chi connectivity index (χ1) is 8.83. The highest BCUT2D eigenvalue weighted by molar-refractivity contribution is 4.98. The van der Waals surface area contributed by atoms with Crippen LogP contribution in [-0.2, 0) is 19.5 Å². The highest BCUT2D eigenvalue weighted by Gasteiger charge is 2.17. The van der Waals surface area contributed by atoms with Gasteiger partial charge < -0.3 is 9.47 Å². The van der Waals surface area contributed by atoms with Crippen molar-refractivity contribution < 1.29 is 0 Å². The van der Waals surface area contributed by atoms with E-state index < -0.39 is 0 Å². The molecule has 1 aromatic heterocycles. The Morgan fingerprint density at radius 2 is 1.89 bits per heavy atom. The maximum Gasteiger partial charge on any atom is 0.148 e. The Morgan fingerprint density at radius 3 is 2.72 bits per heavy atom. The number of nitrogens with zero attached hydrogens (tertiary/aromatic N) is 5. The molecule has 0 atom stereocenters. The molecule has 0 bridgehead atoms. The number of likely N-dealkylation sites (N-methyl/N-ethyl adjacent to an activating group) is 1. The van der Waals surface area contributed by atoms with Gasteiger partial charge in [-0.1, -0.05) is 0 Å². The van der Waals surface area contributed by atoms with Crippen LogP contribution in [0.2, 0.25) is 0 Å². The Kier molecular flexibility index (Phi) is 3.58. The van der Waals surface area contributed by atoms with Crippen LogP contribution in [0.3, 0.4) is 0 Å². The van der Waals surface area contributed by atoms with E-state index in [0.29, 0.717) is 0 Å². The lowest BCUT2D eigenvalue weighted by Crippen LogP contribution is -2.50. The van der Waals surface area contributed by atoms with Crippen molar-refractivity contribution in [2.45, 2.75) is 32.4 Å². The van der Waals surface area contributed by atoms with E-state index >= 15 is 0 Å². The van der Waals surface area contributed by atoms with Gasteiger partial charge in [-0.15, -0.1) is 10.2 Å². The van der Waals surface area contributed by atoms with E-state index in [4.69, 9.17) is 0 Å². The fraction of sp³-hybridized carbons (Fsp3) is 0.833. The molecule has 3 heterocycles. The number of nitrogens with one attached hydrogen (secondary N) is 1. The number of hydrogen-bond donors (Lipinski definition) is 1. The van der Waals surface area contributed by atoms with E-state index in [9.17, 15) is 0 Å². The zero-order valence-corrected chi connectivity index (χ0v) is 11.1. The SMILES string of the molecule is CN1CCN(NCc2nnc3n2CCCC3)CC1. The molecule has 3 rings (SSSR count). The van der Waals surface area contributed by atoms with Gasteiger partial charge in [-0.05, 0) is 19.9 Å². The largest absolute Gasteiger partial charge is 0.314 e. The van der Waals surface area contributed by atoms with Crippen molar-refractivity contribution in [2.24, 2.45) is 0 Å². The molecule has 2 aliphatic heterocycles. The fourth-order valence-electron chi connectivity index (χ4n) is 2.65. The lowest BCUT2D eigenvalue weighted by molar-refractivity contribution is 0.100. The van der Waals surface area contributed by atoms with Gasteiger partial charge in [0, 0.05) is 39.1 Å². The molecule has 2 aliphatic rings. The van der Waals surface area contributed by atoms with E-state index in [2.05, 4.69) is 37.1 Å². The summed E-state index contributed by atoms with van der Waals surface area (Å²) in [6, 6.07) is 0. The molecule has 1 fully saturated rings. The molecule has 0 spiro atoms. The van der Waals surface area contributed by atoms with Gasteiger partial charge in [-0.25, -0.2) is 10.4 Å². The van der Waals surface area contributed by atoms with Crippen molar-refractivity contribution in [3.8, 4) is 0 Å². The second-order valence-electron chi connectivity index (χ2n) is 5.27. The second-order valence-corrected chi connectivity index (χ2v) is 5.27. The van der Waals surface area contributed by atoms with Crippen LogP contribution in [0.1, 0.15) is 24.5 Å². The first-order valence-electron chi connectivity index (χ1n) is 6.91. The summed E-state index contributed by atoms with van der Waals surface area (Å²) in [5.41, 5.74) is 3.48. The molecule has 0 saturated carbocycles. The van der Waals surface area contributed by atoms with Gasteiger partial charge in [0.2, 0.25) is 0 Å². The van der Waals surface area contributed by atoms with Crippen LogP contribution in [0.15, 0.2) is 0 Å². The molecule has 1 saturated heterocycles. The van der Waals surface area contributed by atoms with E-state index in [1.165, 1.54) is 12.8 Å². The van der Waals surface area contributed by atoms with Crippen LogP contribution in [0, 0.1) is 0 Å². The van der Waals surface area contributed by atoms with E-state index in [1.54, 1.807) is 0 Å². The number of fused-ring (bicyclic) bond motifs is 1. The number of aryl methyl sites for hydroxylation is 1. The molecule has 0 unspecified atom stereocenters. The van der Waals surface area contributed by atoms with E-state index in [-0.39, 0.29) is 0 Å². The topological polar surface area (TPSA) is 49.2 Å². The van der Waals surface area contributed by atoms with Crippen LogP contribution in [0.25, 0.3) is 0 Å². The summed E-state index contributed by atoms with van der Waals surface area (Å²) >= 11 is 0. The van der Waals surface area contributed by atoms with Crippen molar-refractivity contribution in [1.29, 1.82) is 0 Å². The van der Waals surface area contributed by atoms with Gasteiger partial charge in [-0.3, -0.25) is 0 Å². The first kappa shape index (κ1) is 12.1. The fourth-order valence-corrected chi connectivity index (χ4v) is 2.65. The zero-order chi connectivity index (χ0) is 12.4. The van der Waals surface area contributed by atoms with Gasteiger partial charge in [0.25, 0.3) is 0 Å². The number of hydrogen-bond acceptors (Lipinski definition) is 5. The van der Waals surface area contributed by atoms with Crippen LogP contribution in [-0.4, -0.2) is 57.9 Å². The summed E-state index contributed by atoms with van der Waals surface area (Å²) in [5.74, 6) is 2.25. The molecule has 0 amide bonds. The normalized spacial score (nSPS) is 22.1. The average molecular weight is 250 g/mol. The quantitative estimate of drug-likeness (QED) is 0.809. The molecule has 0 aromatic carbocycles. The number of aromatic nitrogens is 3. The highest BCUT2D eigenvalue weighted by atomic mass is 15.5. The zero-order valence-electron chi connectivity index (χ0n) is 11.1. The Labute approximate surface area is 108 Å². The smallest absolute Gasteiger partial charge is 0.148 e. The summed E-state index contributed by atoms with van der Waals surface area (Å²) < 4.78 is 2.28. The van der Waals surface area contributed by atoms with Crippen LogP contribution >= 0.6 is 0 Å². The molecule has 0 radical (unpaired) electrons. The van der Waals surface area contributed by atoms with Crippen molar-refractivity contribution in [3.63, 3.8) is 0 Å². The molecular weight excluding hydrogens is 228 g/mol. The molecule has 6 heteroatoms. The third-order valence-electron chi connectivity index (χ3n) is 3.90. The predicted octanol–water partition coefficient (Wildman–Crippen LogP) is -0.134. The molecule has 100 valence electrons. The molecule has 6 nitrogen and oxygen atoms in total. The first-order valence-corrected chi connectivity index (χ1v) is 6.91. The minimum absolute atomic E-state index is 0.802. The Bertz CT molecular complexity index is 393. The summed E-state index contributed by atoms with van der Waals surface area (Å²) in [5, 5.41) is 10.9. The van der Waals surface area contributed by atoms with Gasteiger partial charge in [0.1, 0.15) is 11.6 Å². The summed E-state index contributed by atoms with van der Waals surface area (Å²) in [6.45, 7) is 6.31. The molecular formula is C12H22N6. The Hall–Kier alpha value is -0.980. The molecule has 18 heavy (non-hydrogen) atoms. The highest BCUT2D eigenvalue weighted by Crippen LogP contribution is 2.14. The van der Waals surface area contributed by atoms with E-state index in [0.717, 1.165) is 57.3 Å². The second kappa shape index (κ2) is 5.34. The standard InChI is InChI=1S/C12H22N6/c1-16-6-8-17(9-7-16)13-10-12-15-14-11-4-2-3-5-18(11)12/h13H,2-10H2,1H3. The molecule has 0 aliphatic carbocycles. The maximum absolute atomic E-state index is 4.31. The predicted molar refractivity (Wildman–Crippen MR) is 68.9 cm³/mol. The van der Waals surface area contributed by atoms with E-state index in [1.807, 2.05) is 0 Å². The van der Waals surface area contributed by atoms with Gasteiger partial charge >= 0.3 is 0 Å². The number of piperazine rings is 1. The van der Waals surface area contributed by atoms with Crippen molar-refractivity contribution in [2.75, 3.05) is 33.2 Å². The van der Waals surface area contributed by atoms with Crippen molar-refractivity contribution in [3.05, 3.63) is 11.6 Å². The van der Waals surface area contributed by atoms with Gasteiger partial charge in [-0.2, -0.15) is 0 Å². The van der Waals surface area contributed by atoms with Crippen LogP contribution in [0.4, 0.5) is 0 Å².